The minimum Gasteiger partial charge on any atom is -0.324 e. The first-order valence-corrected chi connectivity index (χ1v) is 5.52. The lowest BCUT2D eigenvalue weighted by molar-refractivity contribution is -0.117. The third kappa shape index (κ3) is 2.98. The molecule has 2 rings (SSSR count). The van der Waals surface area contributed by atoms with Gasteiger partial charge in [-0.15, -0.1) is 0 Å². The van der Waals surface area contributed by atoms with Crippen LogP contribution in [0.1, 0.15) is 5.69 Å². The molecule has 0 saturated heterocycles. The molecule has 1 aromatic heterocycles. The summed E-state index contributed by atoms with van der Waals surface area (Å²) in [5, 5.41) is 0. The fourth-order valence-electron chi connectivity index (χ4n) is 1.62. The second-order valence-corrected chi connectivity index (χ2v) is 3.80. The average Bonchev–Trinajstić information content (AvgIpc) is 2.40. The van der Waals surface area contributed by atoms with Gasteiger partial charge in [-0.25, -0.2) is 0 Å². The molecular weight excluding hydrogens is 212 g/mol. The van der Waals surface area contributed by atoms with E-state index in [1.807, 2.05) is 48.5 Å². The molecule has 0 radical (unpaired) electrons. The molecule has 1 aromatic carbocycles. The van der Waals surface area contributed by atoms with Crippen LogP contribution in [-0.4, -0.2) is 17.3 Å². The Hall–Kier alpha value is -2.00. The second kappa shape index (κ2) is 5.37. The highest BCUT2D eigenvalue weighted by molar-refractivity contribution is 5.82. The molecule has 0 saturated carbocycles. The maximum Gasteiger partial charge on any atom is 0.152 e. The number of pyridine rings is 1. The Balaban J connectivity index is 2.26. The third-order valence-corrected chi connectivity index (χ3v) is 2.48. The van der Waals surface area contributed by atoms with Gasteiger partial charge in [0.25, 0.3) is 0 Å². The lowest BCUT2D eigenvalue weighted by Gasteiger charge is -2.03. The van der Waals surface area contributed by atoms with Gasteiger partial charge in [-0.1, -0.05) is 36.4 Å². The van der Waals surface area contributed by atoms with E-state index in [9.17, 15) is 4.79 Å². The Morgan fingerprint density at radius 2 is 1.82 bits per heavy atom. The standard InChI is InChI=1S/C14H14N2O/c15-10-13(17)9-12-7-4-8-14(16-12)11-5-2-1-3-6-11/h1-8H,9-10,15H2. The van der Waals surface area contributed by atoms with Crippen molar-refractivity contribution in [1.29, 1.82) is 0 Å². The van der Waals surface area contributed by atoms with Crippen LogP contribution in [0.5, 0.6) is 0 Å². The largest absolute Gasteiger partial charge is 0.324 e. The summed E-state index contributed by atoms with van der Waals surface area (Å²) < 4.78 is 0. The number of hydrogen-bond acceptors (Lipinski definition) is 3. The van der Waals surface area contributed by atoms with Gasteiger partial charge in [0.15, 0.2) is 5.78 Å². The molecule has 0 aliphatic rings. The van der Waals surface area contributed by atoms with Gasteiger partial charge in [0, 0.05) is 11.3 Å². The Morgan fingerprint density at radius 3 is 2.53 bits per heavy atom. The van der Waals surface area contributed by atoms with Gasteiger partial charge in [0.05, 0.1) is 18.7 Å². The summed E-state index contributed by atoms with van der Waals surface area (Å²) in [6.45, 7) is 0.0667. The number of Topliss-reactive ketones (excluding diaryl/α,β-unsaturated/α-hetero) is 1. The summed E-state index contributed by atoms with van der Waals surface area (Å²) in [4.78, 5) is 15.7. The number of carbonyl (C=O) groups is 1. The predicted octanol–water partition coefficient (Wildman–Crippen LogP) is 1.82. The van der Waals surface area contributed by atoms with Crippen LogP contribution in [0.4, 0.5) is 0 Å². The number of benzene rings is 1. The van der Waals surface area contributed by atoms with Crippen molar-refractivity contribution in [2.45, 2.75) is 6.42 Å². The van der Waals surface area contributed by atoms with E-state index in [2.05, 4.69) is 4.98 Å². The second-order valence-electron chi connectivity index (χ2n) is 3.80. The highest BCUT2D eigenvalue weighted by atomic mass is 16.1. The molecule has 86 valence electrons. The minimum absolute atomic E-state index is 0.00251. The molecule has 0 bridgehead atoms. The normalized spacial score (nSPS) is 10.2. The molecular formula is C14H14N2O. The molecule has 0 aliphatic heterocycles. The van der Waals surface area contributed by atoms with Crippen molar-refractivity contribution < 1.29 is 4.79 Å². The number of nitrogens with zero attached hydrogens (tertiary/aromatic N) is 1. The Labute approximate surface area is 100 Å². The van der Waals surface area contributed by atoms with Crippen LogP contribution >= 0.6 is 0 Å². The SMILES string of the molecule is NCC(=O)Cc1cccc(-c2ccccc2)n1. The highest BCUT2D eigenvalue weighted by Gasteiger charge is 2.04. The first-order valence-electron chi connectivity index (χ1n) is 5.52. The maximum atomic E-state index is 11.3. The summed E-state index contributed by atoms with van der Waals surface area (Å²) >= 11 is 0. The van der Waals surface area contributed by atoms with Gasteiger partial charge >= 0.3 is 0 Å². The number of aromatic nitrogens is 1. The first kappa shape index (κ1) is 11.5. The zero-order valence-electron chi connectivity index (χ0n) is 9.47. The molecule has 3 heteroatoms. The lowest BCUT2D eigenvalue weighted by atomic mass is 10.1. The summed E-state index contributed by atoms with van der Waals surface area (Å²) in [6.07, 6.45) is 0.303. The molecule has 1 heterocycles. The van der Waals surface area contributed by atoms with E-state index < -0.39 is 0 Å². The number of ketones is 1. The van der Waals surface area contributed by atoms with Crippen LogP contribution in [0.15, 0.2) is 48.5 Å². The van der Waals surface area contributed by atoms with E-state index in [4.69, 9.17) is 5.73 Å². The molecule has 0 fully saturated rings. The van der Waals surface area contributed by atoms with Crippen molar-refractivity contribution in [3.63, 3.8) is 0 Å². The molecule has 17 heavy (non-hydrogen) atoms. The smallest absolute Gasteiger partial charge is 0.152 e. The van der Waals surface area contributed by atoms with E-state index in [0.29, 0.717) is 6.42 Å². The van der Waals surface area contributed by atoms with Crippen LogP contribution in [0.2, 0.25) is 0 Å². The van der Waals surface area contributed by atoms with Gasteiger partial charge in [0.2, 0.25) is 0 Å². The fraction of sp³-hybridized carbons (Fsp3) is 0.143. The fourth-order valence-corrected chi connectivity index (χ4v) is 1.62. The monoisotopic (exact) mass is 226 g/mol. The van der Waals surface area contributed by atoms with Crippen molar-refractivity contribution in [3.05, 3.63) is 54.2 Å². The van der Waals surface area contributed by atoms with Gasteiger partial charge < -0.3 is 5.73 Å². The molecule has 0 amide bonds. The van der Waals surface area contributed by atoms with Crippen molar-refractivity contribution in [1.82, 2.24) is 4.98 Å². The van der Waals surface area contributed by atoms with E-state index in [0.717, 1.165) is 17.0 Å². The average molecular weight is 226 g/mol. The summed E-state index contributed by atoms with van der Waals surface area (Å²) in [6, 6.07) is 15.6. The van der Waals surface area contributed by atoms with Gasteiger partial charge in [-0.3, -0.25) is 9.78 Å². The van der Waals surface area contributed by atoms with E-state index in [-0.39, 0.29) is 12.3 Å². The topological polar surface area (TPSA) is 56.0 Å². The van der Waals surface area contributed by atoms with Gasteiger partial charge in [-0.05, 0) is 12.1 Å². The van der Waals surface area contributed by atoms with Crippen LogP contribution in [0.3, 0.4) is 0 Å². The van der Waals surface area contributed by atoms with Crippen LogP contribution in [-0.2, 0) is 11.2 Å². The minimum atomic E-state index is 0.00251. The van der Waals surface area contributed by atoms with Gasteiger partial charge in [0.1, 0.15) is 0 Å². The van der Waals surface area contributed by atoms with Crippen molar-refractivity contribution in [2.24, 2.45) is 5.73 Å². The summed E-state index contributed by atoms with van der Waals surface area (Å²) in [7, 11) is 0. The number of nitrogens with two attached hydrogens (primary N) is 1. The van der Waals surface area contributed by atoms with Crippen molar-refractivity contribution in [3.8, 4) is 11.3 Å². The summed E-state index contributed by atoms with van der Waals surface area (Å²) in [5.41, 5.74) is 7.99. The Bertz CT molecular complexity index is 509. The zero-order chi connectivity index (χ0) is 12.1. The summed E-state index contributed by atoms with van der Waals surface area (Å²) in [5.74, 6) is 0.00251. The predicted molar refractivity (Wildman–Crippen MR) is 67.4 cm³/mol. The van der Waals surface area contributed by atoms with E-state index in [1.54, 1.807) is 0 Å². The van der Waals surface area contributed by atoms with Crippen molar-refractivity contribution in [2.75, 3.05) is 6.54 Å². The zero-order valence-corrected chi connectivity index (χ0v) is 9.47. The van der Waals surface area contributed by atoms with Crippen LogP contribution in [0, 0.1) is 0 Å². The van der Waals surface area contributed by atoms with Crippen LogP contribution in [0.25, 0.3) is 11.3 Å². The Morgan fingerprint density at radius 1 is 1.06 bits per heavy atom. The first-order chi connectivity index (χ1) is 8.29. The highest BCUT2D eigenvalue weighted by Crippen LogP contribution is 2.16. The third-order valence-electron chi connectivity index (χ3n) is 2.48. The number of hydrogen-bond donors (Lipinski definition) is 1. The lowest BCUT2D eigenvalue weighted by Crippen LogP contribution is -2.16. The van der Waals surface area contributed by atoms with E-state index >= 15 is 0 Å². The molecule has 0 atom stereocenters. The van der Waals surface area contributed by atoms with E-state index in [1.165, 1.54) is 0 Å². The molecule has 2 aromatic rings. The van der Waals surface area contributed by atoms with Crippen LogP contribution < -0.4 is 5.73 Å². The number of rotatable bonds is 4. The quantitative estimate of drug-likeness (QED) is 0.865. The van der Waals surface area contributed by atoms with Crippen molar-refractivity contribution >= 4 is 5.78 Å². The number of carbonyl (C=O) groups excluding carboxylic acids is 1. The maximum absolute atomic E-state index is 11.3. The molecule has 0 unspecified atom stereocenters. The molecule has 0 aliphatic carbocycles. The Kier molecular flexibility index (Phi) is 3.62. The molecule has 2 N–H and O–H groups in total. The van der Waals surface area contributed by atoms with Gasteiger partial charge in [-0.2, -0.15) is 0 Å². The molecule has 3 nitrogen and oxygen atoms in total. The molecule has 0 spiro atoms.